The Bertz CT molecular complexity index is 634. The second-order valence-corrected chi connectivity index (χ2v) is 6.69. The van der Waals surface area contributed by atoms with Crippen molar-refractivity contribution in [3.8, 4) is 0 Å². The molecule has 0 spiro atoms. The van der Waals surface area contributed by atoms with Crippen molar-refractivity contribution in [2.75, 3.05) is 18.8 Å². The van der Waals surface area contributed by atoms with Gasteiger partial charge in [0, 0.05) is 23.5 Å². The van der Waals surface area contributed by atoms with E-state index >= 15 is 0 Å². The molecule has 3 rings (SSSR count). The van der Waals surface area contributed by atoms with Crippen LogP contribution in [0.2, 0.25) is 0 Å². The number of nitrogens with zero attached hydrogens (tertiary/aromatic N) is 1. The Hall–Kier alpha value is -1.55. The van der Waals surface area contributed by atoms with Crippen LogP contribution in [0.1, 0.15) is 35.9 Å². The Labute approximate surface area is 123 Å². The van der Waals surface area contributed by atoms with Crippen LogP contribution in [0.5, 0.6) is 0 Å². The third-order valence-electron chi connectivity index (χ3n) is 4.02. The van der Waals surface area contributed by atoms with E-state index in [0.29, 0.717) is 5.92 Å². The minimum Gasteiger partial charge on any atom is -0.399 e. The maximum Gasteiger partial charge on any atom is 0.263 e. The van der Waals surface area contributed by atoms with Gasteiger partial charge in [0.05, 0.1) is 4.88 Å². The summed E-state index contributed by atoms with van der Waals surface area (Å²) in [6.07, 6.45) is 3.58. The number of nitrogen functional groups attached to an aromatic ring is 1. The van der Waals surface area contributed by atoms with Crippen LogP contribution in [-0.2, 0) is 0 Å². The highest BCUT2D eigenvalue weighted by Gasteiger charge is 2.27. The van der Waals surface area contributed by atoms with Crippen molar-refractivity contribution in [2.45, 2.75) is 26.2 Å². The maximum atomic E-state index is 12.6. The van der Waals surface area contributed by atoms with Crippen molar-refractivity contribution in [2.24, 2.45) is 5.92 Å². The summed E-state index contributed by atoms with van der Waals surface area (Å²) < 4.78 is 1.13. The number of nitrogens with two attached hydrogens (primary N) is 1. The highest BCUT2D eigenvalue weighted by Crippen LogP contribution is 2.30. The van der Waals surface area contributed by atoms with Gasteiger partial charge in [-0.15, -0.1) is 11.3 Å². The molecule has 1 unspecified atom stereocenters. The van der Waals surface area contributed by atoms with E-state index in [1.807, 2.05) is 29.2 Å². The monoisotopic (exact) mass is 288 g/mol. The molecule has 1 amide bonds. The van der Waals surface area contributed by atoms with E-state index in [-0.39, 0.29) is 5.91 Å². The number of rotatable bonds is 3. The van der Waals surface area contributed by atoms with Crippen molar-refractivity contribution in [3.63, 3.8) is 0 Å². The molecule has 1 aromatic heterocycles. The molecule has 1 saturated heterocycles. The van der Waals surface area contributed by atoms with Gasteiger partial charge in [-0.25, -0.2) is 0 Å². The first-order valence-electron chi connectivity index (χ1n) is 7.25. The van der Waals surface area contributed by atoms with E-state index in [2.05, 4.69) is 6.92 Å². The maximum absolute atomic E-state index is 12.6. The summed E-state index contributed by atoms with van der Waals surface area (Å²) in [5, 5.41) is 1.07. The van der Waals surface area contributed by atoms with Crippen LogP contribution < -0.4 is 5.73 Å². The lowest BCUT2D eigenvalue weighted by atomic mass is 10.0. The molecule has 1 aliphatic rings. The first-order valence-corrected chi connectivity index (χ1v) is 8.07. The zero-order chi connectivity index (χ0) is 14.1. The van der Waals surface area contributed by atoms with Crippen molar-refractivity contribution in [3.05, 3.63) is 29.1 Å². The Kier molecular flexibility index (Phi) is 3.66. The summed E-state index contributed by atoms with van der Waals surface area (Å²) in [6, 6.07) is 7.80. The van der Waals surface area contributed by atoms with E-state index < -0.39 is 0 Å². The van der Waals surface area contributed by atoms with Crippen LogP contribution in [0.4, 0.5) is 5.69 Å². The molecule has 1 atom stereocenters. The first-order chi connectivity index (χ1) is 9.67. The lowest BCUT2D eigenvalue weighted by Gasteiger charge is -2.15. The van der Waals surface area contributed by atoms with Crippen LogP contribution in [0, 0.1) is 5.92 Å². The topological polar surface area (TPSA) is 46.3 Å². The molecule has 106 valence electrons. The van der Waals surface area contributed by atoms with E-state index in [4.69, 9.17) is 5.73 Å². The summed E-state index contributed by atoms with van der Waals surface area (Å²) in [6.45, 7) is 4.03. The van der Waals surface area contributed by atoms with Gasteiger partial charge in [-0.3, -0.25) is 4.79 Å². The van der Waals surface area contributed by atoms with Crippen molar-refractivity contribution < 1.29 is 4.79 Å². The van der Waals surface area contributed by atoms with Crippen LogP contribution in [0.3, 0.4) is 0 Å². The van der Waals surface area contributed by atoms with E-state index in [1.54, 1.807) is 11.3 Å². The lowest BCUT2D eigenvalue weighted by molar-refractivity contribution is 0.0791. The average Bonchev–Trinajstić information content (AvgIpc) is 3.04. The Morgan fingerprint density at radius 1 is 1.45 bits per heavy atom. The third kappa shape index (κ3) is 2.52. The lowest BCUT2D eigenvalue weighted by Crippen LogP contribution is -2.27. The van der Waals surface area contributed by atoms with Gasteiger partial charge in [0.25, 0.3) is 5.91 Å². The number of likely N-dealkylation sites (tertiary alicyclic amines) is 1. The van der Waals surface area contributed by atoms with Gasteiger partial charge >= 0.3 is 0 Å². The molecule has 2 aromatic rings. The molecular formula is C16H20N2OS. The number of amides is 1. The third-order valence-corrected chi connectivity index (χ3v) is 5.13. The van der Waals surface area contributed by atoms with E-state index in [0.717, 1.165) is 40.2 Å². The zero-order valence-electron chi connectivity index (χ0n) is 11.8. The number of thiophene rings is 1. The summed E-state index contributed by atoms with van der Waals surface area (Å²) in [4.78, 5) is 15.4. The summed E-state index contributed by atoms with van der Waals surface area (Å²) in [5.41, 5.74) is 6.54. The smallest absolute Gasteiger partial charge is 0.263 e. The minimum atomic E-state index is 0.184. The fourth-order valence-corrected chi connectivity index (χ4v) is 4.00. The van der Waals surface area contributed by atoms with Crippen LogP contribution >= 0.6 is 11.3 Å². The van der Waals surface area contributed by atoms with Gasteiger partial charge in [0.15, 0.2) is 0 Å². The van der Waals surface area contributed by atoms with Gasteiger partial charge in [-0.2, -0.15) is 0 Å². The number of carbonyl (C=O) groups is 1. The predicted octanol–water partition coefficient (Wildman–Crippen LogP) is 3.75. The van der Waals surface area contributed by atoms with Gasteiger partial charge in [-0.05, 0) is 48.4 Å². The van der Waals surface area contributed by atoms with Crippen LogP contribution in [-0.4, -0.2) is 23.9 Å². The molecule has 3 nitrogen and oxygen atoms in total. The van der Waals surface area contributed by atoms with E-state index in [1.165, 1.54) is 12.8 Å². The molecule has 4 heteroatoms. The molecule has 2 N–H and O–H groups in total. The van der Waals surface area contributed by atoms with Gasteiger partial charge < -0.3 is 10.6 Å². The number of fused-ring (bicyclic) bond motifs is 1. The molecule has 0 aliphatic carbocycles. The minimum absolute atomic E-state index is 0.184. The normalized spacial score (nSPS) is 18.9. The molecule has 1 fully saturated rings. The van der Waals surface area contributed by atoms with Crippen molar-refractivity contribution >= 4 is 33.0 Å². The molecule has 1 aromatic carbocycles. The zero-order valence-corrected chi connectivity index (χ0v) is 12.6. The average molecular weight is 288 g/mol. The Morgan fingerprint density at radius 3 is 3.10 bits per heavy atom. The number of carbonyl (C=O) groups excluding carboxylic acids is 1. The number of hydrogen-bond acceptors (Lipinski definition) is 3. The summed E-state index contributed by atoms with van der Waals surface area (Å²) in [7, 11) is 0. The molecule has 20 heavy (non-hydrogen) atoms. The first kappa shape index (κ1) is 13.4. The SMILES string of the molecule is CCCC1CCN(C(=O)c2cc3cc(N)ccc3s2)C1. The molecule has 0 radical (unpaired) electrons. The van der Waals surface area contributed by atoms with Gasteiger partial charge in [0.1, 0.15) is 0 Å². The van der Waals surface area contributed by atoms with Crippen molar-refractivity contribution in [1.29, 1.82) is 0 Å². The van der Waals surface area contributed by atoms with Crippen LogP contribution in [0.25, 0.3) is 10.1 Å². The molecule has 0 bridgehead atoms. The summed E-state index contributed by atoms with van der Waals surface area (Å²) >= 11 is 1.57. The number of benzene rings is 1. The summed E-state index contributed by atoms with van der Waals surface area (Å²) in [5.74, 6) is 0.873. The van der Waals surface area contributed by atoms with E-state index in [9.17, 15) is 4.79 Å². The molecular weight excluding hydrogens is 268 g/mol. The molecule has 0 saturated carbocycles. The highest BCUT2D eigenvalue weighted by molar-refractivity contribution is 7.20. The Morgan fingerprint density at radius 2 is 2.30 bits per heavy atom. The number of hydrogen-bond donors (Lipinski definition) is 1. The van der Waals surface area contributed by atoms with Gasteiger partial charge in [-0.1, -0.05) is 13.3 Å². The quantitative estimate of drug-likeness (QED) is 0.874. The van der Waals surface area contributed by atoms with Gasteiger partial charge in [0.2, 0.25) is 0 Å². The second kappa shape index (κ2) is 5.44. The molecule has 2 heterocycles. The standard InChI is InChI=1S/C16H20N2OS/c1-2-3-11-6-7-18(10-11)16(19)15-9-12-8-13(17)4-5-14(12)20-15/h4-5,8-9,11H,2-3,6-7,10,17H2,1H3. The Balaban J connectivity index is 1.79. The highest BCUT2D eigenvalue weighted by atomic mass is 32.1. The van der Waals surface area contributed by atoms with Crippen LogP contribution in [0.15, 0.2) is 24.3 Å². The number of anilines is 1. The second-order valence-electron chi connectivity index (χ2n) is 5.60. The fourth-order valence-electron chi connectivity index (χ4n) is 2.98. The fraction of sp³-hybridized carbons (Fsp3) is 0.438. The predicted molar refractivity (Wildman–Crippen MR) is 85.2 cm³/mol. The largest absolute Gasteiger partial charge is 0.399 e. The molecule has 1 aliphatic heterocycles. The van der Waals surface area contributed by atoms with Crippen molar-refractivity contribution in [1.82, 2.24) is 4.90 Å².